The number of carbonyl (C=O) groups is 1. The maximum absolute atomic E-state index is 11.3. The van der Waals surface area contributed by atoms with Crippen molar-refractivity contribution >= 4 is 6.09 Å². The second kappa shape index (κ2) is 4.26. The van der Waals surface area contributed by atoms with Crippen LogP contribution in [0.15, 0.2) is 36.5 Å². The summed E-state index contributed by atoms with van der Waals surface area (Å²) in [6.45, 7) is 4.55. The van der Waals surface area contributed by atoms with E-state index in [1.54, 1.807) is 7.11 Å². The summed E-state index contributed by atoms with van der Waals surface area (Å²) in [7, 11) is 1.62. The van der Waals surface area contributed by atoms with Crippen molar-refractivity contribution in [3.8, 4) is 5.75 Å². The number of hydrogen-bond acceptors (Lipinski definition) is 3. The monoisotopic (exact) mass is 219 g/mol. The van der Waals surface area contributed by atoms with Crippen LogP contribution < -0.4 is 4.74 Å². The van der Waals surface area contributed by atoms with Gasteiger partial charge in [0.05, 0.1) is 19.4 Å². The zero-order chi connectivity index (χ0) is 11.5. The zero-order valence-electron chi connectivity index (χ0n) is 9.10. The summed E-state index contributed by atoms with van der Waals surface area (Å²) >= 11 is 0. The Labute approximate surface area is 94.1 Å². The number of rotatable bonds is 3. The van der Waals surface area contributed by atoms with Crippen molar-refractivity contribution in [3.05, 3.63) is 42.1 Å². The van der Waals surface area contributed by atoms with E-state index in [1.807, 2.05) is 24.3 Å². The lowest BCUT2D eigenvalue weighted by Crippen LogP contribution is -2.21. The molecule has 0 bridgehead atoms. The van der Waals surface area contributed by atoms with Gasteiger partial charge in [-0.1, -0.05) is 18.7 Å². The second-order valence-electron chi connectivity index (χ2n) is 3.56. The molecule has 0 saturated carbocycles. The summed E-state index contributed by atoms with van der Waals surface area (Å²) in [5, 5.41) is 0. The zero-order valence-corrected chi connectivity index (χ0v) is 9.10. The summed E-state index contributed by atoms with van der Waals surface area (Å²) < 4.78 is 9.92. The molecule has 0 atom stereocenters. The maximum Gasteiger partial charge on any atom is 0.414 e. The van der Waals surface area contributed by atoms with E-state index in [9.17, 15) is 4.79 Å². The number of hydrogen-bond donors (Lipinski definition) is 0. The lowest BCUT2D eigenvalue weighted by molar-refractivity contribution is 0.157. The summed E-state index contributed by atoms with van der Waals surface area (Å²) in [5.41, 5.74) is 1.71. The highest BCUT2D eigenvalue weighted by Crippen LogP contribution is 2.19. The van der Waals surface area contributed by atoms with Crippen LogP contribution in [0.5, 0.6) is 5.75 Å². The first-order chi connectivity index (χ1) is 7.70. The average molecular weight is 219 g/mol. The van der Waals surface area contributed by atoms with E-state index in [0.29, 0.717) is 12.2 Å². The molecule has 0 spiro atoms. The molecule has 1 aliphatic rings. The highest BCUT2D eigenvalue weighted by atomic mass is 16.6. The van der Waals surface area contributed by atoms with Gasteiger partial charge in [-0.15, -0.1) is 0 Å². The van der Waals surface area contributed by atoms with Crippen molar-refractivity contribution in [2.45, 2.75) is 6.54 Å². The number of benzene rings is 1. The molecule has 4 heteroatoms. The minimum absolute atomic E-state index is 0.287. The Kier molecular flexibility index (Phi) is 2.81. The van der Waals surface area contributed by atoms with E-state index in [2.05, 4.69) is 6.58 Å². The van der Waals surface area contributed by atoms with Crippen LogP contribution in [0.25, 0.3) is 0 Å². The molecule has 0 N–H and O–H groups in total. The van der Waals surface area contributed by atoms with E-state index < -0.39 is 0 Å². The van der Waals surface area contributed by atoms with Crippen LogP contribution in [0.2, 0.25) is 0 Å². The van der Waals surface area contributed by atoms with Gasteiger partial charge in [0.1, 0.15) is 12.4 Å². The van der Waals surface area contributed by atoms with Gasteiger partial charge < -0.3 is 9.47 Å². The first kappa shape index (κ1) is 10.5. The fraction of sp³-hybridized carbons (Fsp3) is 0.250. The first-order valence-electron chi connectivity index (χ1n) is 4.95. The fourth-order valence-corrected chi connectivity index (χ4v) is 1.52. The number of cyclic esters (lactones) is 1. The van der Waals surface area contributed by atoms with E-state index in [-0.39, 0.29) is 12.7 Å². The molecular weight excluding hydrogens is 206 g/mol. The first-order valence-corrected chi connectivity index (χ1v) is 4.95. The number of carbonyl (C=O) groups excluding carboxylic acids is 1. The predicted octanol–water partition coefficient (Wildman–Crippen LogP) is 2.16. The molecule has 2 rings (SSSR count). The average Bonchev–Trinajstić information content (AvgIpc) is 2.62. The molecule has 0 aliphatic carbocycles. The van der Waals surface area contributed by atoms with Crippen LogP contribution >= 0.6 is 0 Å². The predicted molar refractivity (Wildman–Crippen MR) is 59.0 cm³/mol. The van der Waals surface area contributed by atoms with Crippen molar-refractivity contribution in [1.29, 1.82) is 0 Å². The highest BCUT2D eigenvalue weighted by Gasteiger charge is 2.25. The summed E-state index contributed by atoms with van der Waals surface area (Å²) in [4.78, 5) is 12.9. The molecule has 1 aromatic carbocycles. The molecule has 0 aromatic heterocycles. The van der Waals surface area contributed by atoms with Gasteiger partial charge in [0.2, 0.25) is 0 Å². The van der Waals surface area contributed by atoms with Crippen molar-refractivity contribution in [1.82, 2.24) is 4.90 Å². The Hall–Kier alpha value is -1.97. The highest BCUT2D eigenvalue weighted by molar-refractivity contribution is 5.72. The largest absolute Gasteiger partial charge is 0.497 e. The van der Waals surface area contributed by atoms with Crippen molar-refractivity contribution in [2.24, 2.45) is 0 Å². The topological polar surface area (TPSA) is 38.8 Å². The fourth-order valence-electron chi connectivity index (χ4n) is 1.52. The molecular formula is C12H13NO3. The summed E-state index contributed by atoms with van der Waals surface area (Å²) in [5.74, 6) is 0.798. The molecule has 1 amide bonds. The Bertz CT molecular complexity index is 395. The number of ether oxygens (including phenoxy) is 2. The Morgan fingerprint density at radius 1 is 1.44 bits per heavy atom. The molecule has 1 heterocycles. The molecule has 1 aliphatic heterocycles. The van der Waals surface area contributed by atoms with Gasteiger partial charge in [-0.3, -0.25) is 4.90 Å². The third kappa shape index (κ3) is 2.00. The third-order valence-corrected chi connectivity index (χ3v) is 2.46. The summed E-state index contributed by atoms with van der Waals surface area (Å²) in [6, 6.07) is 7.55. The SMILES string of the molecule is C=C1COC(=O)N1Cc1ccc(OC)cc1. The van der Waals surface area contributed by atoms with Crippen molar-refractivity contribution < 1.29 is 14.3 Å². The van der Waals surface area contributed by atoms with Gasteiger partial charge in [0.15, 0.2) is 0 Å². The van der Waals surface area contributed by atoms with Gasteiger partial charge in [-0.05, 0) is 17.7 Å². The smallest absolute Gasteiger partial charge is 0.414 e. The lowest BCUT2D eigenvalue weighted by Gasteiger charge is -2.13. The van der Waals surface area contributed by atoms with E-state index in [1.165, 1.54) is 4.90 Å². The second-order valence-corrected chi connectivity index (χ2v) is 3.56. The molecule has 1 fully saturated rings. The Morgan fingerprint density at radius 3 is 2.62 bits per heavy atom. The Balaban J connectivity index is 2.08. The summed E-state index contributed by atoms with van der Waals surface area (Å²) in [6.07, 6.45) is -0.333. The van der Waals surface area contributed by atoms with E-state index in [4.69, 9.17) is 9.47 Å². The normalized spacial score (nSPS) is 15.2. The van der Waals surface area contributed by atoms with Crippen LogP contribution in [0.4, 0.5) is 4.79 Å². The molecule has 1 aromatic rings. The lowest BCUT2D eigenvalue weighted by atomic mass is 10.2. The number of methoxy groups -OCH3 is 1. The molecule has 84 valence electrons. The maximum atomic E-state index is 11.3. The van der Waals surface area contributed by atoms with Crippen LogP contribution in [0, 0.1) is 0 Å². The molecule has 4 nitrogen and oxygen atoms in total. The molecule has 0 radical (unpaired) electrons. The number of amides is 1. The van der Waals surface area contributed by atoms with E-state index >= 15 is 0 Å². The minimum atomic E-state index is -0.333. The minimum Gasteiger partial charge on any atom is -0.497 e. The van der Waals surface area contributed by atoms with Crippen LogP contribution in [-0.2, 0) is 11.3 Å². The standard InChI is InChI=1S/C12H13NO3/c1-9-8-16-12(14)13(9)7-10-3-5-11(15-2)6-4-10/h3-6H,1,7-8H2,2H3. The van der Waals surface area contributed by atoms with Crippen LogP contribution in [0.3, 0.4) is 0 Å². The Morgan fingerprint density at radius 2 is 2.12 bits per heavy atom. The molecule has 16 heavy (non-hydrogen) atoms. The van der Waals surface area contributed by atoms with Gasteiger partial charge in [-0.2, -0.15) is 0 Å². The van der Waals surface area contributed by atoms with Gasteiger partial charge >= 0.3 is 6.09 Å². The number of nitrogens with zero attached hydrogens (tertiary/aromatic N) is 1. The molecule has 1 saturated heterocycles. The van der Waals surface area contributed by atoms with E-state index in [0.717, 1.165) is 11.3 Å². The quantitative estimate of drug-likeness (QED) is 0.782. The van der Waals surface area contributed by atoms with Crippen LogP contribution in [-0.4, -0.2) is 24.7 Å². The van der Waals surface area contributed by atoms with Gasteiger partial charge in [0.25, 0.3) is 0 Å². The van der Waals surface area contributed by atoms with Crippen molar-refractivity contribution in [2.75, 3.05) is 13.7 Å². The van der Waals surface area contributed by atoms with Gasteiger partial charge in [0, 0.05) is 0 Å². The third-order valence-electron chi connectivity index (χ3n) is 2.46. The van der Waals surface area contributed by atoms with Crippen molar-refractivity contribution in [3.63, 3.8) is 0 Å². The van der Waals surface area contributed by atoms with Gasteiger partial charge in [-0.25, -0.2) is 4.79 Å². The van der Waals surface area contributed by atoms with Crippen LogP contribution in [0.1, 0.15) is 5.56 Å². The molecule has 0 unspecified atom stereocenters.